The van der Waals surface area contributed by atoms with Gasteiger partial charge >= 0.3 is 0 Å². The van der Waals surface area contributed by atoms with Crippen molar-refractivity contribution < 1.29 is 0 Å². The molecular formula is C11H18N4. The molecule has 1 fully saturated rings. The Hall–Kier alpha value is -1.29. The molecule has 4 nitrogen and oxygen atoms in total. The smallest absolute Gasteiger partial charge is 0.125 e. The molecule has 0 aromatic carbocycles. The number of pyridine rings is 1. The first-order valence-corrected chi connectivity index (χ1v) is 5.33. The molecule has 2 N–H and O–H groups in total. The molecule has 4 heteroatoms. The van der Waals surface area contributed by atoms with Gasteiger partial charge in [0.25, 0.3) is 0 Å². The number of hydrogen-bond donors (Lipinski definition) is 1. The van der Waals surface area contributed by atoms with Gasteiger partial charge < -0.3 is 15.5 Å². The summed E-state index contributed by atoms with van der Waals surface area (Å²) in [5.41, 5.74) is 6.87. The summed E-state index contributed by atoms with van der Waals surface area (Å²) in [5.74, 6) is 0.596. The predicted octanol–water partition coefficient (Wildman–Crippen LogP) is 0.804. The number of aromatic nitrogens is 1. The van der Waals surface area contributed by atoms with Crippen LogP contribution >= 0.6 is 0 Å². The second-order valence-corrected chi connectivity index (χ2v) is 4.24. The monoisotopic (exact) mass is 206 g/mol. The van der Waals surface area contributed by atoms with Gasteiger partial charge in [0.05, 0.1) is 0 Å². The van der Waals surface area contributed by atoms with Crippen molar-refractivity contribution in [2.24, 2.45) is 0 Å². The molecule has 0 aliphatic carbocycles. The molecule has 15 heavy (non-hydrogen) atoms. The highest BCUT2D eigenvalue weighted by Crippen LogP contribution is 2.20. The second-order valence-electron chi connectivity index (χ2n) is 4.24. The van der Waals surface area contributed by atoms with Crippen LogP contribution < -0.4 is 10.6 Å². The van der Waals surface area contributed by atoms with Crippen LogP contribution in [-0.2, 0) is 0 Å². The molecule has 0 amide bonds. The summed E-state index contributed by atoms with van der Waals surface area (Å²) in [6, 6.07) is 4.51. The van der Waals surface area contributed by atoms with Crippen molar-refractivity contribution in [1.29, 1.82) is 0 Å². The average molecular weight is 206 g/mol. The third kappa shape index (κ3) is 2.21. The van der Waals surface area contributed by atoms with E-state index in [1.54, 1.807) is 6.20 Å². The van der Waals surface area contributed by atoms with Crippen LogP contribution in [0.3, 0.4) is 0 Å². The molecule has 1 saturated heterocycles. The van der Waals surface area contributed by atoms with E-state index in [4.69, 9.17) is 5.73 Å². The largest absolute Gasteiger partial charge is 0.384 e. The van der Waals surface area contributed by atoms with Crippen LogP contribution in [0.5, 0.6) is 0 Å². The fourth-order valence-electron chi connectivity index (χ4n) is 2.14. The molecule has 1 atom stereocenters. The van der Waals surface area contributed by atoms with Crippen molar-refractivity contribution >= 4 is 11.5 Å². The normalized spacial score (nSPS) is 23.1. The zero-order valence-electron chi connectivity index (χ0n) is 9.35. The van der Waals surface area contributed by atoms with Gasteiger partial charge in [0, 0.05) is 43.6 Å². The number of nitrogens with zero attached hydrogens (tertiary/aromatic N) is 3. The second kappa shape index (κ2) is 4.06. The van der Waals surface area contributed by atoms with Crippen LogP contribution in [0.4, 0.5) is 11.5 Å². The number of rotatable bonds is 1. The Bertz CT molecular complexity index is 339. The Morgan fingerprint density at radius 2 is 2.27 bits per heavy atom. The molecule has 82 valence electrons. The van der Waals surface area contributed by atoms with Crippen LogP contribution in [0.1, 0.15) is 6.92 Å². The lowest BCUT2D eigenvalue weighted by Gasteiger charge is -2.39. The van der Waals surface area contributed by atoms with Crippen LogP contribution in [0.2, 0.25) is 0 Å². The maximum absolute atomic E-state index is 5.69. The summed E-state index contributed by atoms with van der Waals surface area (Å²) < 4.78 is 0. The van der Waals surface area contributed by atoms with Gasteiger partial charge in [-0.25, -0.2) is 4.98 Å². The van der Waals surface area contributed by atoms with Crippen LogP contribution in [0.15, 0.2) is 18.3 Å². The maximum Gasteiger partial charge on any atom is 0.125 e. The van der Waals surface area contributed by atoms with E-state index in [-0.39, 0.29) is 0 Å². The van der Waals surface area contributed by atoms with Crippen molar-refractivity contribution in [2.75, 3.05) is 37.3 Å². The molecule has 2 rings (SSSR count). The molecule has 1 aromatic rings. The zero-order chi connectivity index (χ0) is 10.8. The Morgan fingerprint density at radius 1 is 1.47 bits per heavy atom. The van der Waals surface area contributed by atoms with E-state index in [1.165, 1.54) is 5.69 Å². The lowest BCUT2D eigenvalue weighted by molar-refractivity contribution is 0.275. The number of anilines is 2. The Balaban J connectivity index is 2.17. The van der Waals surface area contributed by atoms with Crippen molar-refractivity contribution in [3.8, 4) is 0 Å². The van der Waals surface area contributed by atoms with E-state index in [2.05, 4.69) is 28.8 Å². The number of nitrogens with two attached hydrogens (primary N) is 1. The molecule has 1 unspecified atom stereocenters. The highest BCUT2D eigenvalue weighted by atomic mass is 15.3. The minimum atomic E-state index is 0.533. The van der Waals surface area contributed by atoms with Gasteiger partial charge in [-0.3, -0.25) is 0 Å². The summed E-state index contributed by atoms with van der Waals surface area (Å²) in [5, 5.41) is 0. The first-order valence-electron chi connectivity index (χ1n) is 5.33. The summed E-state index contributed by atoms with van der Waals surface area (Å²) >= 11 is 0. The van der Waals surface area contributed by atoms with Gasteiger partial charge in [-0.15, -0.1) is 0 Å². The van der Waals surface area contributed by atoms with Gasteiger partial charge in [0.2, 0.25) is 0 Å². The Labute approximate surface area is 90.7 Å². The molecule has 0 spiro atoms. The first-order chi connectivity index (χ1) is 7.16. The Morgan fingerprint density at radius 3 is 2.93 bits per heavy atom. The Kier molecular flexibility index (Phi) is 2.77. The van der Waals surface area contributed by atoms with E-state index in [1.807, 2.05) is 12.1 Å². The minimum absolute atomic E-state index is 0.533. The molecule has 2 heterocycles. The average Bonchev–Trinajstić information content (AvgIpc) is 2.17. The third-order valence-corrected chi connectivity index (χ3v) is 2.93. The van der Waals surface area contributed by atoms with Gasteiger partial charge in [0.15, 0.2) is 0 Å². The molecule has 0 saturated carbocycles. The van der Waals surface area contributed by atoms with Crippen molar-refractivity contribution in [2.45, 2.75) is 13.0 Å². The lowest BCUT2D eigenvalue weighted by Crippen LogP contribution is -2.50. The summed E-state index contributed by atoms with van der Waals surface area (Å²) in [6.45, 7) is 5.50. The van der Waals surface area contributed by atoms with Crippen LogP contribution in [-0.4, -0.2) is 42.6 Å². The van der Waals surface area contributed by atoms with E-state index in [0.29, 0.717) is 11.9 Å². The minimum Gasteiger partial charge on any atom is -0.384 e. The molecule has 0 bridgehead atoms. The summed E-state index contributed by atoms with van der Waals surface area (Å²) in [6.07, 6.45) is 1.77. The van der Waals surface area contributed by atoms with E-state index in [9.17, 15) is 0 Å². The first kappa shape index (κ1) is 10.2. The fourth-order valence-corrected chi connectivity index (χ4v) is 2.14. The summed E-state index contributed by atoms with van der Waals surface area (Å²) in [4.78, 5) is 8.76. The number of likely N-dealkylation sites (N-methyl/N-ethyl adjacent to an activating group) is 1. The number of piperazine rings is 1. The van der Waals surface area contributed by atoms with E-state index >= 15 is 0 Å². The standard InChI is InChI=1S/C11H18N4/c1-9-8-14(2)5-6-15(9)10-3-4-13-11(12)7-10/h3-4,7,9H,5-6,8H2,1-2H3,(H2,12,13). The van der Waals surface area contributed by atoms with Gasteiger partial charge in [-0.05, 0) is 20.0 Å². The SMILES string of the molecule is CC1CN(C)CCN1c1ccnc(N)c1. The van der Waals surface area contributed by atoms with E-state index in [0.717, 1.165) is 19.6 Å². The zero-order valence-corrected chi connectivity index (χ0v) is 9.35. The van der Waals surface area contributed by atoms with Gasteiger partial charge in [0.1, 0.15) is 5.82 Å². The van der Waals surface area contributed by atoms with Gasteiger partial charge in [-0.2, -0.15) is 0 Å². The lowest BCUT2D eigenvalue weighted by atomic mass is 10.2. The maximum atomic E-state index is 5.69. The highest BCUT2D eigenvalue weighted by molar-refractivity contribution is 5.53. The third-order valence-electron chi connectivity index (χ3n) is 2.93. The van der Waals surface area contributed by atoms with Gasteiger partial charge in [-0.1, -0.05) is 0 Å². The summed E-state index contributed by atoms with van der Waals surface area (Å²) in [7, 11) is 2.16. The predicted molar refractivity (Wildman–Crippen MR) is 63.0 cm³/mol. The molecule has 0 radical (unpaired) electrons. The van der Waals surface area contributed by atoms with E-state index < -0.39 is 0 Å². The highest BCUT2D eigenvalue weighted by Gasteiger charge is 2.21. The molecule has 1 aromatic heterocycles. The molecular weight excluding hydrogens is 188 g/mol. The molecule has 1 aliphatic heterocycles. The quantitative estimate of drug-likeness (QED) is 0.738. The number of nitrogen functional groups attached to an aromatic ring is 1. The van der Waals surface area contributed by atoms with Crippen LogP contribution in [0, 0.1) is 0 Å². The topological polar surface area (TPSA) is 45.4 Å². The molecule has 1 aliphatic rings. The van der Waals surface area contributed by atoms with Crippen molar-refractivity contribution in [3.05, 3.63) is 18.3 Å². The number of hydrogen-bond acceptors (Lipinski definition) is 4. The fraction of sp³-hybridized carbons (Fsp3) is 0.545. The van der Waals surface area contributed by atoms with Crippen molar-refractivity contribution in [3.63, 3.8) is 0 Å². The van der Waals surface area contributed by atoms with Crippen LogP contribution in [0.25, 0.3) is 0 Å². The van der Waals surface area contributed by atoms with Crippen molar-refractivity contribution in [1.82, 2.24) is 9.88 Å².